The smallest absolute Gasteiger partial charge is 0.675 e. The van der Waals surface area contributed by atoms with Gasteiger partial charge in [0.1, 0.15) is 0 Å². The van der Waals surface area contributed by atoms with E-state index in [1.807, 2.05) is 0 Å². The number of hydrogen-bond acceptors (Lipinski definition) is 2. The minimum absolute atomic E-state index is 0. The van der Waals surface area contributed by atoms with Gasteiger partial charge in [-0.3, -0.25) is 4.84 Å². The van der Waals surface area contributed by atoms with Crippen molar-refractivity contribution >= 4 is 6.03 Å². The van der Waals surface area contributed by atoms with Gasteiger partial charge in [0, 0.05) is 6.54 Å². The van der Waals surface area contributed by atoms with Crippen LogP contribution in [0.2, 0.25) is 0 Å². The minimum Gasteiger partial charge on any atom is -0.675 e. The van der Waals surface area contributed by atoms with Gasteiger partial charge >= 0.3 is 64.2 Å². The van der Waals surface area contributed by atoms with Crippen LogP contribution < -0.4 is 69.0 Å². The Labute approximate surface area is 147 Å². The summed E-state index contributed by atoms with van der Waals surface area (Å²) in [4.78, 5) is 15.7. The van der Waals surface area contributed by atoms with Crippen LogP contribution in [-0.4, -0.2) is 25.7 Å². The SMILES string of the molecule is CC(C)CCCCNC(=O)NOCC[NH-].[Rb+]. The van der Waals surface area contributed by atoms with E-state index in [0.717, 1.165) is 18.8 Å². The molecule has 0 aromatic heterocycles. The molecule has 0 saturated carbocycles. The maximum atomic E-state index is 11.0. The molecule has 0 atom stereocenters. The Morgan fingerprint density at radius 2 is 2.06 bits per heavy atom. The Morgan fingerprint density at radius 3 is 2.62 bits per heavy atom. The van der Waals surface area contributed by atoms with Crippen molar-refractivity contribution in [3.8, 4) is 0 Å². The van der Waals surface area contributed by atoms with Gasteiger partial charge in [-0.1, -0.05) is 26.7 Å². The van der Waals surface area contributed by atoms with Crippen molar-refractivity contribution in [3.05, 3.63) is 5.73 Å². The van der Waals surface area contributed by atoms with Gasteiger partial charge in [0.05, 0.1) is 6.61 Å². The molecule has 0 aromatic rings. The monoisotopic (exact) mass is 301 g/mol. The molecule has 5 nitrogen and oxygen atoms in total. The van der Waals surface area contributed by atoms with Crippen LogP contribution in [0.3, 0.4) is 0 Å². The third-order valence-corrected chi connectivity index (χ3v) is 1.86. The third-order valence-electron chi connectivity index (χ3n) is 1.86. The molecule has 3 N–H and O–H groups in total. The van der Waals surface area contributed by atoms with Crippen molar-refractivity contribution in [1.29, 1.82) is 0 Å². The number of hydroxylamine groups is 1. The summed E-state index contributed by atoms with van der Waals surface area (Å²) in [6, 6.07) is -0.326. The fraction of sp³-hybridized carbons (Fsp3) is 0.900. The maximum absolute atomic E-state index is 11.0. The van der Waals surface area contributed by atoms with Crippen LogP contribution in [0.5, 0.6) is 0 Å². The molecule has 0 fully saturated rings. The van der Waals surface area contributed by atoms with Crippen molar-refractivity contribution < 1.29 is 67.8 Å². The van der Waals surface area contributed by atoms with Crippen LogP contribution in [-0.2, 0) is 4.84 Å². The van der Waals surface area contributed by atoms with E-state index >= 15 is 0 Å². The van der Waals surface area contributed by atoms with Gasteiger partial charge in [-0.25, -0.2) is 10.3 Å². The molecule has 16 heavy (non-hydrogen) atoms. The molecule has 6 heteroatoms. The van der Waals surface area contributed by atoms with Crippen molar-refractivity contribution in [2.45, 2.75) is 33.1 Å². The van der Waals surface area contributed by atoms with Crippen LogP contribution in [0.25, 0.3) is 5.73 Å². The topological polar surface area (TPSA) is 74.2 Å². The number of hydrogen-bond donors (Lipinski definition) is 2. The maximum Gasteiger partial charge on any atom is 1.00 e. The van der Waals surface area contributed by atoms with Gasteiger partial charge in [-0.05, 0) is 12.3 Å². The van der Waals surface area contributed by atoms with E-state index in [1.165, 1.54) is 6.42 Å². The molecule has 0 heterocycles. The second-order valence-electron chi connectivity index (χ2n) is 3.85. The number of amides is 2. The quantitative estimate of drug-likeness (QED) is 0.450. The Balaban J connectivity index is 0. The average Bonchev–Trinajstić information content (AvgIpc) is 2.17. The Kier molecular flexibility index (Phi) is 17.0. The summed E-state index contributed by atoms with van der Waals surface area (Å²) in [6.07, 6.45) is 3.31. The first-order chi connectivity index (χ1) is 7.16. The molecular weight excluding hydrogens is 280 g/mol. The summed E-state index contributed by atoms with van der Waals surface area (Å²) >= 11 is 0. The molecule has 2 amide bonds. The molecule has 0 aliphatic rings. The average molecular weight is 302 g/mol. The molecule has 0 unspecified atom stereocenters. The summed E-state index contributed by atoms with van der Waals surface area (Å²) in [5.74, 6) is 0.721. The van der Waals surface area contributed by atoms with Crippen molar-refractivity contribution in [1.82, 2.24) is 10.8 Å². The molecule has 0 bridgehead atoms. The molecular formula is C10H22N3O2Rb. The van der Waals surface area contributed by atoms with Crippen LogP contribution in [0.1, 0.15) is 33.1 Å². The number of nitrogens with one attached hydrogen (secondary N) is 3. The second-order valence-corrected chi connectivity index (χ2v) is 3.85. The van der Waals surface area contributed by atoms with E-state index in [4.69, 9.17) is 10.6 Å². The predicted molar refractivity (Wildman–Crippen MR) is 60.4 cm³/mol. The van der Waals surface area contributed by atoms with Gasteiger partial charge in [0.2, 0.25) is 0 Å². The largest absolute Gasteiger partial charge is 1.00 e. The molecule has 0 saturated heterocycles. The molecule has 0 aliphatic heterocycles. The van der Waals surface area contributed by atoms with E-state index in [0.29, 0.717) is 6.54 Å². The molecule has 0 radical (unpaired) electrons. The number of urea groups is 1. The van der Waals surface area contributed by atoms with Crippen molar-refractivity contribution in [3.63, 3.8) is 0 Å². The van der Waals surface area contributed by atoms with Crippen molar-refractivity contribution in [2.24, 2.45) is 5.92 Å². The van der Waals surface area contributed by atoms with E-state index < -0.39 is 0 Å². The zero-order chi connectivity index (χ0) is 11.5. The molecule has 0 rings (SSSR count). The predicted octanol–water partition coefficient (Wildman–Crippen LogP) is -0.900. The third kappa shape index (κ3) is 15.0. The minimum atomic E-state index is -0.326. The van der Waals surface area contributed by atoms with E-state index in [-0.39, 0.29) is 77.4 Å². The fourth-order valence-electron chi connectivity index (χ4n) is 1.08. The van der Waals surface area contributed by atoms with Gasteiger partial charge in [0.25, 0.3) is 0 Å². The first-order valence-electron chi connectivity index (χ1n) is 5.47. The number of rotatable bonds is 8. The normalized spacial score (nSPS) is 9.75. The summed E-state index contributed by atoms with van der Waals surface area (Å²) in [5, 5.41) is 2.68. The summed E-state index contributed by atoms with van der Waals surface area (Å²) < 4.78 is 0. The zero-order valence-electron chi connectivity index (χ0n) is 10.6. The fourth-order valence-corrected chi connectivity index (χ4v) is 1.08. The second kappa shape index (κ2) is 14.1. The molecule has 90 valence electrons. The van der Waals surface area contributed by atoms with E-state index in [1.54, 1.807) is 0 Å². The Bertz CT molecular complexity index is 168. The van der Waals surface area contributed by atoms with Crippen LogP contribution in [0, 0.1) is 5.92 Å². The first-order valence-corrected chi connectivity index (χ1v) is 5.47. The Hall–Kier alpha value is 0.995. The summed E-state index contributed by atoms with van der Waals surface area (Å²) in [7, 11) is 0. The van der Waals surface area contributed by atoms with Crippen molar-refractivity contribution in [2.75, 3.05) is 19.7 Å². The first kappa shape index (κ1) is 19.3. The Morgan fingerprint density at radius 1 is 1.38 bits per heavy atom. The van der Waals surface area contributed by atoms with Gasteiger partial charge in [0.15, 0.2) is 0 Å². The van der Waals surface area contributed by atoms with Crippen LogP contribution >= 0.6 is 0 Å². The number of carbonyl (C=O) groups excluding carboxylic acids is 1. The van der Waals surface area contributed by atoms with Crippen LogP contribution in [0.4, 0.5) is 4.79 Å². The molecule has 0 aliphatic carbocycles. The van der Waals surface area contributed by atoms with Crippen LogP contribution in [0.15, 0.2) is 0 Å². The zero-order valence-corrected chi connectivity index (χ0v) is 15.6. The van der Waals surface area contributed by atoms with Gasteiger partial charge in [-0.15, -0.1) is 6.54 Å². The summed E-state index contributed by atoms with van der Waals surface area (Å²) in [6.45, 7) is 5.42. The van der Waals surface area contributed by atoms with E-state index in [9.17, 15) is 4.79 Å². The number of carbonyl (C=O) groups is 1. The van der Waals surface area contributed by atoms with Gasteiger partial charge in [-0.2, -0.15) is 0 Å². The van der Waals surface area contributed by atoms with E-state index in [2.05, 4.69) is 24.6 Å². The number of unbranched alkanes of at least 4 members (excludes halogenated alkanes) is 1. The molecule has 0 spiro atoms. The summed E-state index contributed by atoms with van der Waals surface area (Å²) in [5.41, 5.74) is 9.00. The molecule has 0 aromatic carbocycles. The van der Waals surface area contributed by atoms with Gasteiger partial charge < -0.3 is 11.1 Å². The standard InChI is InChI=1S/C10H22N3O2.Rb/c1-9(2)5-3-4-7-12-10(14)13-15-8-6-11;/h9,11H,3-8H2,1-2H3,(H2,12,13,14);/q-1;+1.